The number of rotatable bonds is 6. The summed E-state index contributed by atoms with van der Waals surface area (Å²) in [7, 11) is 0. The van der Waals surface area contributed by atoms with E-state index in [2.05, 4.69) is 15.2 Å². The summed E-state index contributed by atoms with van der Waals surface area (Å²) < 4.78 is 18.9. The van der Waals surface area contributed by atoms with E-state index >= 15 is 0 Å². The van der Waals surface area contributed by atoms with Crippen LogP contribution in [0.2, 0.25) is 0 Å². The molecule has 1 saturated heterocycles. The number of carbonyl (C=O) groups is 1. The van der Waals surface area contributed by atoms with Gasteiger partial charge in [-0.25, -0.2) is 4.39 Å². The molecule has 2 aromatic carbocycles. The fourth-order valence-corrected chi connectivity index (χ4v) is 3.89. The number of ether oxygens (including phenoxy) is 1. The molecule has 1 fully saturated rings. The number of nitrogens with zero attached hydrogens (tertiary/aromatic N) is 2. The number of aromatic nitrogens is 1. The Morgan fingerprint density at radius 2 is 1.77 bits per heavy atom. The molecule has 1 aliphatic rings. The van der Waals surface area contributed by atoms with Gasteiger partial charge in [-0.05, 0) is 36.8 Å². The Bertz CT molecular complexity index is 1020. The molecule has 0 aliphatic carbocycles. The zero-order valence-corrected chi connectivity index (χ0v) is 17.6. The maximum atomic E-state index is 13.4. The monoisotopic (exact) mass is 419 g/mol. The number of morpholine rings is 1. The van der Waals surface area contributed by atoms with Gasteiger partial charge in [0, 0.05) is 25.2 Å². The molecule has 1 N–H and O–H groups in total. The average molecular weight is 420 g/mol. The molecule has 2 heterocycles. The van der Waals surface area contributed by atoms with Gasteiger partial charge in [0.15, 0.2) is 0 Å². The fraction of sp³-hybridized carbons (Fsp3) is 0.280. The first-order valence-electron chi connectivity index (χ1n) is 10.5. The quantitative estimate of drug-likeness (QED) is 0.656. The van der Waals surface area contributed by atoms with Crippen molar-refractivity contribution in [2.45, 2.75) is 13.0 Å². The first-order chi connectivity index (χ1) is 15.1. The zero-order chi connectivity index (χ0) is 21.6. The lowest BCUT2D eigenvalue weighted by atomic mass is 10.0. The highest BCUT2D eigenvalue weighted by Crippen LogP contribution is 2.23. The van der Waals surface area contributed by atoms with Gasteiger partial charge in [-0.1, -0.05) is 42.5 Å². The Kier molecular flexibility index (Phi) is 6.70. The molecule has 1 aliphatic heterocycles. The molecule has 1 atom stereocenters. The molecule has 31 heavy (non-hydrogen) atoms. The fourth-order valence-electron chi connectivity index (χ4n) is 3.89. The molecular formula is C25H26FN3O2. The number of benzene rings is 2. The zero-order valence-electron chi connectivity index (χ0n) is 17.6. The molecule has 1 aromatic heterocycles. The van der Waals surface area contributed by atoms with Crippen molar-refractivity contribution in [1.82, 2.24) is 15.2 Å². The lowest BCUT2D eigenvalue weighted by Crippen LogP contribution is -2.43. The molecule has 0 spiro atoms. The summed E-state index contributed by atoms with van der Waals surface area (Å²) >= 11 is 0. The highest BCUT2D eigenvalue weighted by Gasteiger charge is 2.24. The number of hydrogen-bond donors (Lipinski definition) is 1. The standard InChI is InChI=1S/C25H26FN3O2/c1-18-22(11-12-23(28-18)19-5-3-2-4-6-19)25(30)27-17-24(29-13-15-31-16-14-29)20-7-9-21(26)10-8-20/h2-12,24H,13-17H2,1H3,(H,27,30). The van der Waals surface area contributed by atoms with Gasteiger partial charge in [0.2, 0.25) is 0 Å². The minimum atomic E-state index is -0.270. The first-order valence-corrected chi connectivity index (χ1v) is 10.5. The van der Waals surface area contributed by atoms with Gasteiger partial charge in [0.25, 0.3) is 5.91 Å². The van der Waals surface area contributed by atoms with Crippen molar-refractivity contribution in [3.63, 3.8) is 0 Å². The summed E-state index contributed by atoms with van der Waals surface area (Å²) in [4.78, 5) is 19.8. The van der Waals surface area contributed by atoms with Crippen LogP contribution in [0, 0.1) is 12.7 Å². The van der Waals surface area contributed by atoms with E-state index in [1.807, 2.05) is 49.4 Å². The summed E-state index contributed by atoms with van der Waals surface area (Å²) in [5.41, 5.74) is 4.06. The number of halogens is 1. The Labute approximate surface area is 181 Å². The largest absolute Gasteiger partial charge is 0.379 e. The number of hydrogen-bond acceptors (Lipinski definition) is 4. The first kappa shape index (κ1) is 21.2. The van der Waals surface area contributed by atoms with Crippen molar-refractivity contribution in [1.29, 1.82) is 0 Å². The van der Waals surface area contributed by atoms with E-state index in [4.69, 9.17) is 4.74 Å². The average Bonchev–Trinajstić information content (AvgIpc) is 2.81. The summed E-state index contributed by atoms with van der Waals surface area (Å²) in [6, 6.07) is 20.0. The number of aryl methyl sites for hydroxylation is 1. The topological polar surface area (TPSA) is 54.5 Å². The molecule has 3 aromatic rings. The van der Waals surface area contributed by atoms with Crippen LogP contribution in [0.15, 0.2) is 66.7 Å². The third-order valence-corrected chi connectivity index (χ3v) is 5.60. The Hall–Kier alpha value is -3.09. The molecule has 4 rings (SSSR count). The van der Waals surface area contributed by atoms with Crippen LogP contribution < -0.4 is 5.32 Å². The van der Waals surface area contributed by atoms with Crippen LogP contribution in [0.1, 0.15) is 27.7 Å². The summed E-state index contributed by atoms with van der Waals surface area (Å²) in [6.07, 6.45) is 0. The van der Waals surface area contributed by atoms with E-state index < -0.39 is 0 Å². The predicted octanol–water partition coefficient (Wildman–Crippen LogP) is 4.00. The van der Waals surface area contributed by atoms with Crippen molar-refractivity contribution < 1.29 is 13.9 Å². The third-order valence-electron chi connectivity index (χ3n) is 5.60. The van der Waals surface area contributed by atoms with Gasteiger partial charge in [0.05, 0.1) is 36.2 Å². The molecular weight excluding hydrogens is 393 g/mol. The van der Waals surface area contributed by atoms with Gasteiger partial charge < -0.3 is 10.1 Å². The van der Waals surface area contributed by atoms with Crippen molar-refractivity contribution in [2.75, 3.05) is 32.8 Å². The molecule has 160 valence electrons. The van der Waals surface area contributed by atoms with Gasteiger partial charge in [-0.3, -0.25) is 14.7 Å². The summed E-state index contributed by atoms with van der Waals surface area (Å²) in [6.45, 7) is 5.10. The Morgan fingerprint density at radius 1 is 1.06 bits per heavy atom. The maximum Gasteiger partial charge on any atom is 0.253 e. The van der Waals surface area contributed by atoms with E-state index in [-0.39, 0.29) is 17.8 Å². The number of carbonyl (C=O) groups excluding carboxylic acids is 1. The second-order valence-electron chi connectivity index (χ2n) is 7.62. The van der Waals surface area contributed by atoms with Gasteiger partial charge >= 0.3 is 0 Å². The van der Waals surface area contributed by atoms with E-state index in [0.29, 0.717) is 31.0 Å². The van der Waals surface area contributed by atoms with Crippen molar-refractivity contribution in [2.24, 2.45) is 0 Å². The minimum absolute atomic E-state index is 0.0506. The van der Waals surface area contributed by atoms with Gasteiger partial charge in [0.1, 0.15) is 5.82 Å². The van der Waals surface area contributed by atoms with Gasteiger partial charge in [-0.15, -0.1) is 0 Å². The molecule has 1 amide bonds. The van der Waals surface area contributed by atoms with Crippen LogP contribution in [0.3, 0.4) is 0 Å². The van der Waals surface area contributed by atoms with E-state index in [1.54, 1.807) is 12.1 Å². The second kappa shape index (κ2) is 9.81. The molecule has 1 unspecified atom stereocenters. The van der Waals surface area contributed by atoms with Crippen LogP contribution in [-0.2, 0) is 4.74 Å². The Balaban J connectivity index is 1.49. The van der Waals surface area contributed by atoms with Crippen LogP contribution in [0.5, 0.6) is 0 Å². The maximum absolute atomic E-state index is 13.4. The van der Waals surface area contributed by atoms with E-state index in [9.17, 15) is 9.18 Å². The molecule has 5 nitrogen and oxygen atoms in total. The van der Waals surface area contributed by atoms with Crippen LogP contribution in [0.4, 0.5) is 4.39 Å². The minimum Gasteiger partial charge on any atom is -0.379 e. The SMILES string of the molecule is Cc1nc(-c2ccccc2)ccc1C(=O)NCC(c1ccc(F)cc1)N1CCOCC1. The van der Waals surface area contributed by atoms with Crippen molar-refractivity contribution in [3.8, 4) is 11.3 Å². The number of pyridine rings is 1. The highest BCUT2D eigenvalue weighted by atomic mass is 19.1. The highest BCUT2D eigenvalue weighted by molar-refractivity contribution is 5.95. The third kappa shape index (κ3) is 5.16. The van der Waals surface area contributed by atoms with Gasteiger partial charge in [-0.2, -0.15) is 0 Å². The molecule has 0 bridgehead atoms. The smallest absolute Gasteiger partial charge is 0.253 e. The molecule has 0 radical (unpaired) electrons. The molecule has 0 saturated carbocycles. The lowest BCUT2D eigenvalue weighted by Gasteiger charge is -2.35. The summed E-state index contributed by atoms with van der Waals surface area (Å²) in [5.74, 6) is -0.432. The normalized spacial score (nSPS) is 15.4. The van der Waals surface area contributed by atoms with Crippen molar-refractivity contribution in [3.05, 3.63) is 89.4 Å². The second-order valence-corrected chi connectivity index (χ2v) is 7.62. The molecule has 6 heteroatoms. The van der Waals surface area contributed by atoms with Crippen LogP contribution in [0.25, 0.3) is 11.3 Å². The Morgan fingerprint density at radius 3 is 2.45 bits per heavy atom. The van der Waals surface area contributed by atoms with Crippen molar-refractivity contribution >= 4 is 5.91 Å². The van der Waals surface area contributed by atoms with Crippen LogP contribution in [-0.4, -0.2) is 48.6 Å². The number of nitrogens with one attached hydrogen (secondary N) is 1. The van der Waals surface area contributed by atoms with Crippen LogP contribution >= 0.6 is 0 Å². The number of amides is 1. The van der Waals surface area contributed by atoms with E-state index in [1.165, 1.54) is 12.1 Å². The lowest BCUT2D eigenvalue weighted by molar-refractivity contribution is 0.0162. The van der Waals surface area contributed by atoms with E-state index in [0.717, 1.165) is 29.9 Å². The summed E-state index contributed by atoms with van der Waals surface area (Å²) in [5, 5.41) is 3.05. The predicted molar refractivity (Wildman–Crippen MR) is 118 cm³/mol.